The Morgan fingerprint density at radius 3 is 2.14 bits per heavy atom. The SMILES string of the molecule is Cc1cc(C)c(-n2cc[n+](C3CCCCCCC3)c2)c(C)c1. The molecule has 0 amide bonds. The Morgan fingerprint density at radius 1 is 0.909 bits per heavy atom. The van der Waals surface area contributed by atoms with E-state index in [-0.39, 0.29) is 0 Å². The fraction of sp³-hybridized carbons (Fsp3) is 0.550. The highest BCUT2D eigenvalue weighted by molar-refractivity contribution is 5.48. The van der Waals surface area contributed by atoms with Crippen LogP contribution in [0, 0.1) is 20.8 Å². The lowest BCUT2D eigenvalue weighted by Crippen LogP contribution is -2.37. The van der Waals surface area contributed by atoms with Crippen molar-refractivity contribution in [2.45, 2.75) is 71.8 Å². The molecule has 1 aliphatic rings. The molecule has 0 aliphatic heterocycles. The summed E-state index contributed by atoms with van der Waals surface area (Å²) in [5.41, 5.74) is 5.41. The van der Waals surface area contributed by atoms with Crippen LogP contribution in [0.1, 0.15) is 67.7 Å². The summed E-state index contributed by atoms with van der Waals surface area (Å²) < 4.78 is 4.76. The number of rotatable bonds is 2. The van der Waals surface area contributed by atoms with E-state index in [1.54, 1.807) is 0 Å². The second-order valence-corrected chi connectivity index (χ2v) is 7.01. The lowest BCUT2D eigenvalue weighted by molar-refractivity contribution is -0.724. The highest BCUT2D eigenvalue weighted by Crippen LogP contribution is 2.24. The van der Waals surface area contributed by atoms with E-state index in [9.17, 15) is 0 Å². The summed E-state index contributed by atoms with van der Waals surface area (Å²) in [5.74, 6) is 0. The number of benzene rings is 1. The molecule has 0 bridgehead atoms. The second-order valence-electron chi connectivity index (χ2n) is 7.01. The Kier molecular flexibility index (Phi) is 4.66. The van der Waals surface area contributed by atoms with Crippen LogP contribution in [0.15, 0.2) is 30.9 Å². The Morgan fingerprint density at radius 2 is 1.50 bits per heavy atom. The zero-order valence-electron chi connectivity index (χ0n) is 14.3. The van der Waals surface area contributed by atoms with Crippen molar-refractivity contribution in [3.05, 3.63) is 47.5 Å². The maximum Gasteiger partial charge on any atom is 0.249 e. The largest absolute Gasteiger partial charge is 0.249 e. The van der Waals surface area contributed by atoms with Gasteiger partial charge in [0, 0.05) is 0 Å². The first kappa shape index (κ1) is 15.3. The van der Waals surface area contributed by atoms with Crippen LogP contribution in [0.5, 0.6) is 0 Å². The van der Waals surface area contributed by atoms with Crippen LogP contribution in [0.2, 0.25) is 0 Å². The number of aromatic nitrogens is 2. The number of imidazole rings is 1. The summed E-state index contributed by atoms with van der Waals surface area (Å²) in [6.45, 7) is 6.61. The van der Waals surface area contributed by atoms with Gasteiger partial charge in [-0.05, 0) is 57.6 Å². The number of hydrogen-bond donors (Lipinski definition) is 0. The van der Waals surface area contributed by atoms with Gasteiger partial charge < -0.3 is 0 Å². The first-order valence-electron chi connectivity index (χ1n) is 8.82. The van der Waals surface area contributed by atoms with E-state index in [2.05, 4.69) is 60.8 Å². The summed E-state index contributed by atoms with van der Waals surface area (Å²) in [6, 6.07) is 5.25. The van der Waals surface area contributed by atoms with Crippen LogP contribution in [-0.4, -0.2) is 4.57 Å². The molecule has 2 aromatic rings. The Hall–Kier alpha value is -1.57. The molecule has 1 aromatic heterocycles. The third kappa shape index (κ3) is 3.26. The first-order chi connectivity index (χ1) is 10.6. The summed E-state index contributed by atoms with van der Waals surface area (Å²) in [7, 11) is 0. The first-order valence-corrected chi connectivity index (χ1v) is 8.82. The molecule has 1 aromatic carbocycles. The molecule has 0 radical (unpaired) electrons. The fourth-order valence-electron chi connectivity index (χ4n) is 4.03. The van der Waals surface area contributed by atoms with Crippen LogP contribution < -0.4 is 4.57 Å². The predicted octanol–water partition coefficient (Wildman–Crippen LogP) is 4.98. The maximum atomic E-state index is 2.45. The smallest absolute Gasteiger partial charge is 0.234 e. The van der Waals surface area contributed by atoms with Crippen molar-refractivity contribution in [3.8, 4) is 5.69 Å². The van der Waals surface area contributed by atoms with Gasteiger partial charge in [0.2, 0.25) is 6.33 Å². The minimum Gasteiger partial charge on any atom is -0.234 e. The number of aryl methyl sites for hydroxylation is 3. The minimum absolute atomic E-state index is 0.688. The van der Waals surface area contributed by atoms with Gasteiger partial charge in [-0.3, -0.25) is 0 Å². The molecule has 22 heavy (non-hydrogen) atoms. The van der Waals surface area contributed by atoms with Crippen molar-refractivity contribution < 1.29 is 4.57 Å². The van der Waals surface area contributed by atoms with Gasteiger partial charge in [0.25, 0.3) is 0 Å². The van der Waals surface area contributed by atoms with E-state index in [0.717, 1.165) is 0 Å². The summed E-state index contributed by atoms with van der Waals surface area (Å²) in [5, 5.41) is 0. The van der Waals surface area contributed by atoms with Crippen LogP contribution in [0.25, 0.3) is 5.69 Å². The zero-order chi connectivity index (χ0) is 15.5. The highest BCUT2D eigenvalue weighted by Gasteiger charge is 2.20. The molecule has 0 unspecified atom stereocenters. The maximum absolute atomic E-state index is 2.45. The van der Waals surface area contributed by atoms with Crippen molar-refractivity contribution in [1.82, 2.24) is 4.57 Å². The van der Waals surface area contributed by atoms with Gasteiger partial charge >= 0.3 is 0 Å². The van der Waals surface area contributed by atoms with E-state index in [1.807, 2.05) is 0 Å². The molecule has 0 atom stereocenters. The third-order valence-electron chi connectivity index (χ3n) is 5.05. The minimum atomic E-state index is 0.688. The van der Waals surface area contributed by atoms with Gasteiger partial charge in [0.1, 0.15) is 24.1 Å². The molecule has 1 heterocycles. The Labute approximate surface area is 134 Å². The molecule has 3 rings (SSSR count). The number of hydrogen-bond acceptors (Lipinski definition) is 0. The molecule has 0 N–H and O–H groups in total. The molecule has 0 spiro atoms. The highest BCUT2D eigenvalue weighted by atomic mass is 15.1. The van der Waals surface area contributed by atoms with E-state index < -0.39 is 0 Å². The van der Waals surface area contributed by atoms with Crippen LogP contribution in [-0.2, 0) is 0 Å². The molecule has 2 nitrogen and oxygen atoms in total. The number of nitrogens with zero attached hydrogens (tertiary/aromatic N) is 2. The monoisotopic (exact) mass is 297 g/mol. The summed E-state index contributed by atoms with van der Waals surface area (Å²) in [6.07, 6.45) is 16.5. The van der Waals surface area contributed by atoms with Gasteiger partial charge in [-0.1, -0.05) is 37.0 Å². The zero-order valence-corrected chi connectivity index (χ0v) is 14.3. The van der Waals surface area contributed by atoms with Gasteiger partial charge in [0.15, 0.2) is 0 Å². The van der Waals surface area contributed by atoms with Crippen molar-refractivity contribution in [2.24, 2.45) is 0 Å². The van der Waals surface area contributed by atoms with Crippen LogP contribution in [0.4, 0.5) is 0 Å². The van der Waals surface area contributed by atoms with Crippen molar-refractivity contribution in [1.29, 1.82) is 0 Å². The molecular weight excluding hydrogens is 268 g/mol. The molecule has 118 valence electrons. The summed E-state index contributed by atoms with van der Waals surface area (Å²) >= 11 is 0. The fourth-order valence-corrected chi connectivity index (χ4v) is 4.03. The normalized spacial score (nSPS) is 17.2. The van der Waals surface area contributed by atoms with Gasteiger partial charge in [-0.15, -0.1) is 0 Å². The van der Waals surface area contributed by atoms with Crippen molar-refractivity contribution >= 4 is 0 Å². The molecule has 1 saturated carbocycles. The van der Waals surface area contributed by atoms with Crippen LogP contribution >= 0.6 is 0 Å². The topological polar surface area (TPSA) is 8.81 Å². The second kappa shape index (κ2) is 6.68. The molecule has 0 saturated heterocycles. The Bertz CT molecular complexity index is 608. The van der Waals surface area contributed by atoms with Crippen molar-refractivity contribution in [2.75, 3.05) is 0 Å². The lowest BCUT2D eigenvalue weighted by Gasteiger charge is -2.16. The van der Waals surface area contributed by atoms with Crippen LogP contribution in [0.3, 0.4) is 0 Å². The molecule has 2 heteroatoms. The lowest BCUT2D eigenvalue weighted by atomic mass is 9.97. The molecule has 1 fully saturated rings. The van der Waals surface area contributed by atoms with Gasteiger partial charge in [-0.25, -0.2) is 9.13 Å². The standard InChI is InChI=1S/C20H29N2/c1-16-13-17(2)20(18(3)14-16)22-12-11-21(15-22)19-9-7-5-4-6-8-10-19/h11-15,19H,4-10H2,1-3H3/q+1. The quantitative estimate of drug-likeness (QED) is 0.692. The van der Waals surface area contributed by atoms with E-state index >= 15 is 0 Å². The molecular formula is C20H29N2+. The average molecular weight is 297 g/mol. The van der Waals surface area contributed by atoms with E-state index in [0.29, 0.717) is 6.04 Å². The average Bonchev–Trinajstić information content (AvgIpc) is 2.86. The third-order valence-corrected chi connectivity index (χ3v) is 5.05. The predicted molar refractivity (Wildman–Crippen MR) is 91.5 cm³/mol. The van der Waals surface area contributed by atoms with E-state index in [1.165, 1.54) is 67.3 Å². The Balaban J connectivity index is 1.87. The van der Waals surface area contributed by atoms with Gasteiger partial charge in [0.05, 0.1) is 0 Å². The summed E-state index contributed by atoms with van der Waals surface area (Å²) in [4.78, 5) is 0. The van der Waals surface area contributed by atoms with E-state index in [4.69, 9.17) is 0 Å². The van der Waals surface area contributed by atoms with Crippen molar-refractivity contribution in [3.63, 3.8) is 0 Å². The van der Waals surface area contributed by atoms with Gasteiger partial charge in [-0.2, -0.15) is 0 Å². The molecule has 1 aliphatic carbocycles.